The Bertz CT molecular complexity index is 689. The zero-order valence-corrected chi connectivity index (χ0v) is 11.6. The molecule has 1 aromatic heterocycles. The molecule has 0 unspecified atom stereocenters. The number of nitro groups is 1. The molecule has 0 radical (unpaired) electrons. The lowest BCUT2D eigenvalue weighted by atomic mass is 10.3. The van der Waals surface area contributed by atoms with Gasteiger partial charge in [-0.2, -0.15) is 0 Å². The number of nitrogens with one attached hydrogen (secondary N) is 2. The van der Waals surface area contributed by atoms with Crippen molar-refractivity contribution >= 4 is 21.4 Å². The normalized spacial score (nSPS) is 10.4. The maximum atomic E-state index is 12.0. The number of aromatic nitrogens is 1. The Balaban J connectivity index is 0.00000200. The predicted molar refractivity (Wildman–Crippen MR) is 66.9 cm³/mol. The summed E-state index contributed by atoms with van der Waals surface area (Å²) in [4.78, 5) is 12.6. The van der Waals surface area contributed by atoms with Crippen LogP contribution in [0.2, 0.25) is 0 Å². The minimum Gasteiger partial charge on any atom is -1.00 e. The van der Waals surface area contributed by atoms with Gasteiger partial charge in [0.2, 0.25) is 0 Å². The number of hydrogen-bond donors (Lipinski definition) is 1. The fourth-order valence-corrected chi connectivity index (χ4v) is 2.47. The molecular weight excluding hydrogens is 306 g/mol. The summed E-state index contributed by atoms with van der Waals surface area (Å²) in [6.45, 7) is 0. The van der Waals surface area contributed by atoms with Crippen molar-refractivity contribution in [3.05, 3.63) is 58.9 Å². The molecule has 0 aliphatic heterocycles. The fourth-order valence-electron chi connectivity index (χ4n) is 1.42. The number of pyridine rings is 1. The Labute approximate surface area is 121 Å². The zero-order chi connectivity index (χ0) is 13.9. The quantitative estimate of drug-likeness (QED) is 0.532. The molecule has 0 spiro atoms. The summed E-state index contributed by atoms with van der Waals surface area (Å²) in [7, 11) is -3.74. The molecule has 7 nitrogen and oxygen atoms in total. The highest BCUT2D eigenvalue weighted by atomic mass is 35.5. The molecule has 2 N–H and O–H groups in total. The summed E-state index contributed by atoms with van der Waals surface area (Å²) in [6, 6.07) is 7.79. The van der Waals surface area contributed by atoms with Crippen LogP contribution in [0.4, 0.5) is 11.4 Å². The highest BCUT2D eigenvalue weighted by molar-refractivity contribution is 7.92. The number of H-pyrrole nitrogens is 1. The third-order valence-electron chi connectivity index (χ3n) is 2.33. The minimum absolute atomic E-state index is 0. The molecule has 1 heterocycles. The van der Waals surface area contributed by atoms with Gasteiger partial charge in [0, 0.05) is 24.3 Å². The van der Waals surface area contributed by atoms with E-state index in [1.165, 1.54) is 12.1 Å². The highest BCUT2D eigenvalue weighted by Gasteiger charge is 2.16. The standard InChI is InChI=1S/C11H9N3O4S.ClH/c15-14(16)10-1-3-11(4-2-10)19(17,18)13-9-5-7-12-8-6-9;/h1-8H,(H,12,13);1H. The first kappa shape index (κ1) is 15.9. The fraction of sp³-hybridized carbons (Fsp3) is 0. The van der Waals surface area contributed by atoms with Gasteiger partial charge in [0.25, 0.3) is 15.7 Å². The molecule has 2 aromatic rings. The van der Waals surface area contributed by atoms with Crippen LogP contribution in [0.5, 0.6) is 0 Å². The molecule has 0 amide bonds. The summed E-state index contributed by atoms with van der Waals surface area (Å²) < 4.78 is 26.3. The van der Waals surface area contributed by atoms with Gasteiger partial charge in [-0.05, 0) is 12.1 Å². The summed E-state index contributed by atoms with van der Waals surface area (Å²) in [5, 5.41) is 10.5. The van der Waals surface area contributed by atoms with E-state index in [1.807, 2.05) is 0 Å². The molecule has 9 heteroatoms. The first-order valence-electron chi connectivity index (χ1n) is 5.22. The second-order valence-corrected chi connectivity index (χ2v) is 5.33. The molecule has 0 aliphatic carbocycles. The Hall–Kier alpha value is -2.19. The molecule has 0 fully saturated rings. The number of nitro benzene ring substituents is 1. The molecular formula is C11H10ClN3O4S. The second-order valence-electron chi connectivity index (χ2n) is 3.65. The average molecular weight is 316 g/mol. The lowest BCUT2D eigenvalue weighted by Gasteiger charge is -2.06. The van der Waals surface area contributed by atoms with Crippen molar-refractivity contribution in [2.75, 3.05) is 4.72 Å². The van der Waals surface area contributed by atoms with E-state index >= 15 is 0 Å². The highest BCUT2D eigenvalue weighted by Crippen LogP contribution is 2.18. The maximum absolute atomic E-state index is 12.0. The third kappa shape index (κ3) is 3.65. The van der Waals surface area contributed by atoms with Crippen LogP contribution in [0, 0.1) is 10.1 Å². The van der Waals surface area contributed by atoms with Crippen LogP contribution in [0.25, 0.3) is 0 Å². The number of rotatable bonds is 4. The Morgan fingerprint density at radius 1 is 1.05 bits per heavy atom. The van der Waals surface area contributed by atoms with Gasteiger partial charge < -0.3 is 12.4 Å². The van der Waals surface area contributed by atoms with Gasteiger partial charge in [-0.1, -0.05) is 0 Å². The first-order chi connectivity index (χ1) is 8.99. The van der Waals surface area contributed by atoms with Crippen molar-refractivity contribution < 1.29 is 30.7 Å². The maximum Gasteiger partial charge on any atom is 0.269 e. The number of sulfonamides is 1. The first-order valence-corrected chi connectivity index (χ1v) is 6.71. The number of benzene rings is 1. The molecule has 0 bridgehead atoms. The van der Waals surface area contributed by atoms with E-state index in [4.69, 9.17) is 0 Å². The lowest BCUT2D eigenvalue weighted by Crippen LogP contribution is -3.00. The summed E-state index contributed by atoms with van der Waals surface area (Å²) >= 11 is 0. The molecule has 0 saturated carbocycles. The van der Waals surface area contributed by atoms with Crippen LogP contribution in [0.3, 0.4) is 0 Å². The topological polar surface area (TPSA) is 103 Å². The number of non-ortho nitro benzene ring substituents is 1. The Kier molecular flexibility index (Phi) is 5.00. The largest absolute Gasteiger partial charge is 1.00 e. The zero-order valence-electron chi connectivity index (χ0n) is 9.99. The number of hydrogen-bond acceptors (Lipinski definition) is 4. The van der Waals surface area contributed by atoms with Gasteiger partial charge in [-0.15, -0.1) is 0 Å². The van der Waals surface area contributed by atoms with Gasteiger partial charge in [0.1, 0.15) is 0 Å². The summed E-state index contributed by atoms with van der Waals surface area (Å²) in [5.74, 6) is 0. The van der Waals surface area contributed by atoms with E-state index in [0.717, 1.165) is 12.1 Å². The molecule has 1 aromatic carbocycles. The van der Waals surface area contributed by atoms with Crippen molar-refractivity contribution in [1.29, 1.82) is 0 Å². The second kappa shape index (κ2) is 6.31. The minimum atomic E-state index is -3.74. The van der Waals surface area contributed by atoms with Gasteiger partial charge in [0.15, 0.2) is 12.4 Å². The molecule has 0 saturated heterocycles. The number of halogens is 1. The predicted octanol–water partition coefficient (Wildman–Crippen LogP) is -1.79. The number of aromatic amines is 1. The Morgan fingerprint density at radius 2 is 1.60 bits per heavy atom. The van der Waals surface area contributed by atoms with E-state index in [-0.39, 0.29) is 23.0 Å². The van der Waals surface area contributed by atoms with Crippen molar-refractivity contribution in [3.63, 3.8) is 0 Å². The van der Waals surface area contributed by atoms with Gasteiger partial charge in [0.05, 0.1) is 15.5 Å². The van der Waals surface area contributed by atoms with Crippen LogP contribution >= 0.6 is 0 Å². The van der Waals surface area contributed by atoms with Crippen LogP contribution in [-0.4, -0.2) is 13.3 Å². The molecule has 20 heavy (non-hydrogen) atoms. The smallest absolute Gasteiger partial charge is 0.269 e. The van der Waals surface area contributed by atoms with Crippen LogP contribution in [-0.2, 0) is 10.0 Å². The number of nitrogens with zero attached hydrogens (tertiary/aromatic N) is 1. The number of anilines is 1. The van der Waals surface area contributed by atoms with Gasteiger partial charge >= 0.3 is 0 Å². The molecule has 0 atom stereocenters. The Morgan fingerprint density at radius 3 is 2.10 bits per heavy atom. The summed E-state index contributed by atoms with van der Waals surface area (Å²) in [6.07, 6.45) is 3.15. The molecule has 106 valence electrons. The van der Waals surface area contributed by atoms with E-state index < -0.39 is 14.9 Å². The van der Waals surface area contributed by atoms with Crippen molar-refractivity contribution in [2.24, 2.45) is 0 Å². The van der Waals surface area contributed by atoms with Crippen LogP contribution < -0.4 is 22.1 Å². The third-order valence-corrected chi connectivity index (χ3v) is 3.73. The average Bonchev–Trinajstić information content (AvgIpc) is 2.39. The lowest BCUT2D eigenvalue weighted by molar-refractivity contribution is -0.384. The van der Waals surface area contributed by atoms with E-state index in [0.29, 0.717) is 5.69 Å². The molecule has 2 rings (SSSR count). The van der Waals surface area contributed by atoms with E-state index in [9.17, 15) is 18.5 Å². The SMILES string of the molecule is O=[N+]([O-])c1ccc(S(=O)(=O)Nc2cc[nH+]cc2)cc1.[Cl-]. The van der Waals surface area contributed by atoms with Gasteiger partial charge in [-0.3, -0.25) is 14.8 Å². The van der Waals surface area contributed by atoms with Crippen molar-refractivity contribution in [3.8, 4) is 0 Å². The van der Waals surface area contributed by atoms with Crippen molar-refractivity contribution in [1.82, 2.24) is 0 Å². The monoisotopic (exact) mass is 315 g/mol. The van der Waals surface area contributed by atoms with Crippen molar-refractivity contribution in [2.45, 2.75) is 4.90 Å². The summed E-state index contributed by atoms with van der Waals surface area (Å²) in [5.41, 5.74) is 0.241. The van der Waals surface area contributed by atoms with Crippen LogP contribution in [0.15, 0.2) is 53.7 Å². The van der Waals surface area contributed by atoms with Crippen LogP contribution in [0.1, 0.15) is 0 Å². The van der Waals surface area contributed by atoms with Gasteiger partial charge in [-0.25, -0.2) is 13.4 Å². The van der Waals surface area contributed by atoms with E-state index in [2.05, 4.69) is 9.71 Å². The molecule has 0 aliphatic rings. The van der Waals surface area contributed by atoms with E-state index in [1.54, 1.807) is 24.5 Å².